The number of rotatable bonds is 5. The van der Waals surface area contributed by atoms with Crippen molar-refractivity contribution in [3.8, 4) is 0 Å². The molecule has 3 nitrogen and oxygen atoms in total. The molecule has 0 amide bonds. The maximum Gasteiger partial charge on any atom is 0.0814 e. The molecule has 0 aliphatic heterocycles. The van der Waals surface area contributed by atoms with Crippen LogP contribution in [0.5, 0.6) is 0 Å². The van der Waals surface area contributed by atoms with Crippen molar-refractivity contribution in [1.29, 1.82) is 0 Å². The first-order valence-electron chi connectivity index (χ1n) is 5.04. The number of halogens is 1. The molecule has 0 aliphatic rings. The number of hydrogen-bond acceptors (Lipinski definition) is 2. The van der Waals surface area contributed by atoms with Crippen LogP contribution in [-0.4, -0.2) is 22.9 Å². The normalized spacial score (nSPS) is 13.1. The van der Waals surface area contributed by atoms with Crippen molar-refractivity contribution < 1.29 is 0 Å². The predicted molar refractivity (Wildman–Crippen MR) is 59.7 cm³/mol. The molecular weight excluding hydrogens is 198 g/mol. The molecule has 0 saturated carbocycles. The summed E-state index contributed by atoms with van der Waals surface area (Å²) in [4.78, 5) is 0. The molecule has 0 aromatic carbocycles. The van der Waals surface area contributed by atoms with Gasteiger partial charge < -0.3 is 5.32 Å². The van der Waals surface area contributed by atoms with E-state index in [2.05, 4.69) is 17.3 Å². The highest BCUT2D eigenvalue weighted by atomic mass is 35.5. The van der Waals surface area contributed by atoms with E-state index in [9.17, 15) is 0 Å². The summed E-state index contributed by atoms with van der Waals surface area (Å²) in [5.74, 6) is 0. The van der Waals surface area contributed by atoms with Crippen LogP contribution in [-0.2, 0) is 6.54 Å². The van der Waals surface area contributed by atoms with Gasteiger partial charge in [-0.3, -0.25) is 4.68 Å². The van der Waals surface area contributed by atoms with E-state index >= 15 is 0 Å². The molecule has 1 atom stereocenters. The first-order valence-corrected chi connectivity index (χ1v) is 5.42. The summed E-state index contributed by atoms with van der Waals surface area (Å²) < 4.78 is 1.96. The van der Waals surface area contributed by atoms with Gasteiger partial charge in [0.05, 0.1) is 23.5 Å². The average Bonchev–Trinajstić information content (AvgIpc) is 2.49. The first-order chi connectivity index (χ1) is 6.69. The Morgan fingerprint density at radius 1 is 1.64 bits per heavy atom. The number of likely N-dealkylation sites (N-methyl/N-ethyl adjacent to an activating group) is 1. The summed E-state index contributed by atoms with van der Waals surface area (Å²) in [6.07, 6.45) is 4.04. The highest BCUT2D eigenvalue weighted by Gasteiger charge is 2.09. The topological polar surface area (TPSA) is 29.9 Å². The summed E-state index contributed by atoms with van der Waals surface area (Å²) in [5.41, 5.74) is 1.04. The van der Waals surface area contributed by atoms with Gasteiger partial charge in [-0.25, -0.2) is 0 Å². The predicted octanol–water partition coefficient (Wildman–Crippen LogP) is 2.23. The van der Waals surface area contributed by atoms with Crippen molar-refractivity contribution in [3.63, 3.8) is 0 Å². The van der Waals surface area contributed by atoms with Crippen molar-refractivity contribution in [2.75, 3.05) is 7.05 Å². The maximum atomic E-state index is 5.93. The summed E-state index contributed by atoms with van der Waals surface area (Å²) >= 11 is 5.93. The highest BCUT2D eigenvalue weighted by molar-refractivity contribution is 6.31. The molecule has 1 aromatic heterocycles. The minimum absolute atomic E-state index is 0.481. The van der Waals surface area contributed by atoms with Gasteiger partial charge in [0.2, 0.25) is 0 Å². The second-order valence-electron chi connectivity index (χ2n) is 3.53. The molecule has 14 heavy (non-hydrogen) atoms. The Morgan fingerprint density at radius 2 is 2.36 bits per heavy atom. The van der Waals surface area contributed by atoms with Gasteiger partial charge in [0.1, 0.15) is 0 Å². The third kappa shape index (κ3) is 2.72. The molecule has 0 bridgehead atoms. The van der Waals surface area contributed by atoms with Crippen LogP contribution in [0.15, 0.2) is 6.20 Å². The Morgan fingerprint density at radius 3 is 2.79 bits per heavy atom. The SMILES string of the molecule is CCCC(Cn1ncc(Cl)c1C)NC. The molecule has 1 aromatic rings. The van der Waals surface area contributed by atoms with E-state index in [0.29, 0.717) is 6.04 Å². The van der Waals surface area contributed by atoms with Crippen LogP contribution in [0.1, 0.15) is 25.5 Å². The van der Waals surface area contributed by atoms with Gasteiger partial charge >= 0.3 is 0 Å². The van der Waals surface area contributed by atoms with E-state index in [0.717, 1.165) is 23.7 Å². The lowest BCUT2D eigenvalue weighted by atomic mass is 10.2. The number of hydrogen-bond donors (Lipinski definition) is 1. The minimum Gasteiger partial charge on any atom is -0.315 e. The van der Waals surface area contributed by atoms with Crippen LogP contribution < -0.4 is 5.32 Å². The summed E-state index contributed by atoms with van der Waals surface area (Å²) in [6.45, 7) is 5.07. The van der Waals surface area contributed by atoms with Gasteiger partial charge in [0.15, 0.2) is 0 Å². The monoisotopic (exact) mass is 215 g/mol. The van der Waals surface area contributed by atoms with Crippen LogP contribution >= 0.6 is 11.6 Å². The van der Waals surface area contributed by atoms with Crippen molar-refractivity contribution >= 4 is 11.6 Å². The quantitative estimate of drug-likeness (QED) is 0.817. The lowest BCUT2D eigenvalue weighted by Crippen LogP contribution is -2.30. The van der Waals surface area contributed by atoms with E-state index < -0.39 is 0 Å². The molecule has 0 spiro atoms. The van der Waals surface area contributed by atoms with Crippen molar-refractivity contribution in [1.82, 2.24) is 15.1 Å². The minimum atomic E-state index is 0.481. The summed E-state index contributed by atoms with van der Waals surface area (Å²) in [6, 6.07) is 0.481. The largest absolute Gasteiger partial charge is 0.315 e. The Bertz CT molecular complexity index is 283. The van der Waals surface area contributed by atoms with Crippen LogP contribution in [0.25, 0.3) is 0 Å². The fourth-order valence-electron chi connectivity index (χ4n) is 1.49. The zero-order valence-corrected chi connectivity index (χ0v) is 9.80. The van der Waals surface area contributed by atoms with E-state index in [4.69, 9.17) is 11.6 Å². The molecule has 1 heterocycles. The van der Waals surface area contributed by atoms with Crippen LogP contribution in [0.4, 0.5) is 0 Å². The molecule has 4 heteroatoms. The second kappa shape index (κ2) is 5.37. The Kier molecular flexibility index (Phi) is 4.42. The van der Waals surface area contributed by atoms with E-state index in [1.165, 1.54) is 6.42 Å². The van der Waals surface area contributed by atoms with Crippen molar-refractivity contribution in [3.05, 3.63) is 16.9 Å². The van der Waals surface area contributed by atoms with Crippen LogP contribution in [0.2, 0.25) is 5.02 Å². The molecule has 1 unspecified atom stereocenters. The summed E-state index contributed by atoms with van der Waals surface area (Å²) in [7, 11) is 1.99. The number of nitrogens with zero attached hydrogens (tertiary/aromatic N) is 2. The zero-order chi connectivity index (χ0) is 10.6. The van der Waals surface area contributed by atoms with Gasteiger partial charge in [-0.15, -0.1) is 0 Å². The highest BCUT2D eigenvalue weighted by Crippen LogP contribution is 2.14. The van der Waals surface area contributed by atoms with Crippen molar-refractivity contribution in [2.24, 2.45) is 0 Å². The van der Waals surface area contributed by atoms with Gasteiger partial charge in [-0.2, -0.15) is 5.10 Å². The molecule has 1 N–H and O–H groups in total. The fraction of sp³-hybridized carbons (Fsp3) is 0.700. The standard InChI is InChI=1S/C10H18ClN3/c1-4-5-9(12-3)7-14-8(2)10(11)6-13-14/h6,9,12H,4-5,7H2,1-3H3. The Balaban J connectivity index is 2.62. The molecule has 80 valence electrons. The number of aromatic nitrogens is 2. The molecule has 0 aliphatic carbocycles. The van der Waals surface area contributed by atoms with Gasteiger partial charge in [0, 0.05) is 6.04 Å². The summed E-state index contributed by atoms with van der Waals surface area (Å²) in [5, 5.41) is 8.26. The second-order valence-corrected chi connectivity index (χ2v) is 3.94. The lowest BCUT2D eigenvalue weighted by Gasteiger charge is -2.16. The first kappa shape index (κ1) is 11.5. The van der Waals surface area contributed by atoms with Crippen molar-refractivity contribution in [2.45, 2.75) is 39.3 Å². The molecule has 0 radical (unpaired) electrons. The smallest absolute Gasteiger partial charge is 0.0814 e. The van der Waals surface area contributed by atoms with E-state index in [1.54, 1.807) is 6.20 Å². The van der Waals surface area contributed by atoms with Gasteiger partial charge in [-0.1, -0.05) is 24.9 Å². The van der Waals surface area contributed by atoms with Gasteiger partial charge in [0.25, 0.3) is 0 Å². The number of nitrogens with one attached hydrogen (secondary N) is 1. The van der Waals surface area contributed by atoms with Gasteiger partial charge in [-0.05, 0) is 20.4 Å². The Labute approximate surface area is 90.4 Å². The van der Waals surface area contributed by atoms with E-state index in [1.807, 2.05) is 18.7 Å². The molecule has 0 saturated heterocycles. The van der Waals surface area contributed by atoms with E-state index in [-0.39, 0.29) is 0 Å². The lowest BCUT2D eigenvalue weighted by molar-refractivity contribution is 0.421. The third-order valence-electron chi connectivity index (χ3n) is 2.48. The average molecular weight is 216 g/mol. The zero-order valence-electron chi connectivity index (χ0n) is 9.05. The van der Waals surface area contributed by atoms with Crippen LogP contribution in [0.3, 0.4) is 0 Å². The van der Waals surface area contributed by atoms with Crippen LogP contribution in [0, 0.1) is 6.92 Å². The third-order valence-corrected chi connectivity index (χ3v) is 2.85. The molecule has 1 rings (SSSR count). The molecule has 0 fully saturated rings. The fourth-order valence-corrected chi connectivity index (χ4v) is 1.63. The Hall–Kier alpha value is -0.540. The molecular formula is C10H18ClN3. The maximum absolute atomic E-state index is 5.93.